The van der Waals surface area contributed by atoms with Gasteiger partial charge in [-0.3, -0.25) is 0 Å². The normalized spacial score (nSPS) is 18.1. The third kappa shape index (κ3) is 6.52. The summed E-state index contributed by atoms with van der Waals surface area (Å²) in [6.07, 6.45) is 0.987. The predicted octanol–water partition coefficient (Wildman–Crippen LogP) is 2.73. The molecule has 1 aliphatic rings. The van der Waals surface area contributed by atoms with Crippen LogP contribution in [0.4, 0.5) is 4.79 Å². The molecule has 1 fully saturated rings. The lowest BCUT2D eigenvalue weighted by Crippen LogP contribution is -2.62. The summed E-state index contributed by atoms with van der Waals surface area (Å²) >= 11 is 1.98. The second-order valence-electron chi connectivity index (χ2n) is 6.14. The van der Waals surface area contributed by atoms with Gasteiger partial charge in [0.15, 0.2) is 0 Å². The zero-order valence-electron chi connectivity index (χ0n) is 12.9. The Hall–Kier alpha value is -0.420. The van der Waals surface area contributed by atoms with Gasteiger partial charge in [-0.15, -0.1) is 0 Å². The topological polar surface area (TPSA) is 41.6 Å². The molecule has 5 heteroatoms. The average molecular weight is 288 g/mol. The SMILES string of the molecule is CCSCCC(C)NC1CN(C(=O)OC(C)(C)C)C1. The molecule has 1 saturated heterocycles. The van der Waals surface area contributed by atoms with E-state index in [-0.39, 0.29) is 6.09 Å². The third-order valence-corrected chi connectivity index (χ3v) is 3.89. The Morgan fingerprint density at radius 3 is 2.63 bits per heavy atom. The standard InChI is InChI=1S/C14H28N2O2S/c1-6-19-8-7-11(2)15-12-9-16(10-12)13(17)18-14(3,4)5/h11-12,15H,6-10H2,1-5H3. The maximum atomic E-state index is 11.8. The second-order valence-corrected chi connectivity index (χ2v) is 7.53. The predicted molar refractivity (Wildman–Crippen MR) is 81.8 cm³/mol. The van der Waals surface area contributed by atoms with Crippen LogP contribution in [0.5, 0.6) is 0 Å². The Bertz CT molecular complexity index is 286. The van der Waals surface area contributed by atoms with Crippen molar-refractivity contribution in [2.24, 2.45) is 0 Å². The van der Waals surface area contributed by atoms with Gasteiger partial charge in [-0.1, -0.05) is 6.92 Å². The minimum Gasteiger partial charge on any atom is -0.444 e. The highest BCUT2D eigenvalue weighted by Crippen LogP contribution is 2.16. The highest BCUT2D eigenvalue weighted by Gasteiger charge is 2.33. The number of hydrogen-bond acceptors (Lipinski definition) is 4. The van der Waals surface area contributed by atoms with Crippen LogP contribution < -0.4 is 5.32 Å². The van der Waals surface area contributed by atoms with E-state index >= 15 is 0 Å². The molecule has 112 valence electrons. The fraction of sp³-hybridized carbons (Fsp3) is 0.929. The van der Waals surface area contributed by atoms with E-state index in [1.165, 1.54) is 17.9 Å². The lowest BCUT2D eigenvalue weighted by Gasteiger charge is -2.41. The molecule has 19 heavy (non-hydrogen) atoms. The van der Waals surface area contributed by atoms with Crippen molar-refractivity contribution in [3.05, 3.63) is 0 Å². The molecule has 0 radical (unpaired) electrons. The van der Waals surface area contributed by atoms with Crippen molar-refractivity contribution in [2.45, 2.75) is 58.7 Å². The summed E-state index contributed by atoms with van der Waals surface area (Å²) in [5.74, 6) is 2.38. The van der Waals surface area contributed by atoms with Crippen molar-refractivity contribution in [3.8, 4) is 0 Å². The number of nitrogens with zero attached hydrogens (tertiary/aromatic N) is 1. The molecule has 4 nitrogen and oxygen atoms in total. The molecule has 1 rings (SSSR count). The highest BCUT2D eigenvalue weighted by atomic mass is 32.2. The molecular weight excluding hydrogens is 260 g/mol. The maximum Gasteiger partial charge on any atom is 0.410 e. The molecule has 1 amide bonds. The lowest BCUT2D eigenvalue weighted by molar-refractivity contribution is 0.00433. The van der Waals surface area contributed by atoms with E-state index in [0.29, 0.717) is 12.1 Å². The van der Waals surface area contributed by atoms with Crippen LogP contribution in [0.2, 0.25) is 0 Å². The number of thioether (sulfide) groups is 1. The quantitative estimate of drug-likeness (QED) is 0.763. The van der Waals surface area contributed by atoms with Gasteiger partial charge in [-0.05, 0) is 45.6 Å². The molecule has 0 aromatic heterocycles. The third-order valence-electron chi connectivity index (χ3n) is 2.95. The van der Waals surface area contributed by atoms with Gasteiger partial charge in [-0.2, -0.15) is 11.8 Å². The van der Waals surface area contributed by atoms with Crippen LogP contribution in [0.3, 0.4) is 0 Å². The molecule has 0 aliphatic carbocycles. The first-order chi connectivity index (χ1) is 8.81. The minimum atomic E-state index is -0.403. The van der Waals surface area contributed by atoms with Crippen LogP contribution in [0.25, 0.3) is 0 Å². The van der Waals surface area contributed by atoms with Crippen molar-refractivity contribution in [1.29, 1.82) is 0 Å². The van der Waals surface area contributed by atoms with Gasteiger partial charge in [0.25, 0.3) is 0 Å². The fourth-order valence-electron chi connectivity index (χ4n) is 1.95. The molecule has 0 aromatic carbocycles. The number of carbonyl (C=O) groups is 1. The van der Waals surface area contributed by atoms with Crippen LogP contribution >= 0.6 is 11.8 Å². The lowest BCUT2D eigenvalue weighted by atomic mass is 10.1. The number of likely N-dealkylation sites (tertiary alicyclic amines) is 1. The molecule has 1 unspecified atom stereocenters. The van der Waals surface area contributed by atoms with Gasteiger partial charge in [0.05, 0.1) is 0 Å². The zero-order valence-corrected chi connectivity index (χ0v) is 13.7. The zero-order chi connectivity index (χ0) is 14.5. The van der Waals surface area contributed by atoms with Crippen molar-refractivity contribution in [2.75, 3.05) is 24.6 Å². The van der Waals surface area contributed by atoms with Crippen molar-refractivity contribution in [1.82, 2.24) is 10.2 Å². The first kappa shape index (κ1) is 16.6. The fourth-order valence-corrected chi connectivity index (χ4v) is 2.76. The average Bonchev–Trinajstić information content (AvgIpc) is 2.20. The van der Waals surface area contributed by atoms with E-state index in [2.05, 4.69) is 19.2 Å². The van der Waals surface area contributed by atoms with Crippen LogP contribution in [0.1, 0.15) is 41.0 Å². The van der Waals surface area contributed by atoms with E-state index in [1.807, 2.05) is 32.5 Å². The van der Waals surface area contributed by atoms with Crippen LogP contribution in [0.15, 0.2) is 0 Å². The summed E-state index contributed by atoms with van der Waals surface area (Å²) in [5, 5.41) is 3.56. The summed E-state index contributed by atoms with van der Waals surface area (Å²) in [4.78, 5) is 13.5. The summed E-state index contributed by atoms with van der Waals surface area (Å²) in [5.41, 5.74) is -0.403. The van der Waals surface area contributed by atoms with Gasteiger partial charge < -0.3 is 15.0 Å². The maximum absolute atomic E-state index is 11.8. The van der Waals surface area contributed by atoms with Crippen LogP contribution in [-0.2, 0) is 4.74 Å². The molecule has 1 N–H and O–H groups in total. The Morgan fingerprint density at radius 1 is 1.47 bits per heavy atom. The summed E-state index contributed by atoms with van der Waals surface area (Å²) < 4.78 is 5.33. The number of carbonyl (C=O) groups excluding carboxylic acids is 1. The number of rotatable bonds is 6. The number of ether oxygens (including phenoxy) is 1. The second kappa shape index (κ2) is 7.39. The molecule has 1 aliphatic heterocycles. The molecule has 0 bridgehead atoms. The molecular formula is C14H28N2O2S. The van der Waals surface area contributed by atoms with E-state index in [1.54, 1.807) is 4.90 Å². The molecule has 1 atom stereocenters. The molecule has 0 aromatic rings. The van der Waals surface area contributed by atoms with Crippen LogP contribution in [-0.4, -0.2) is 53.3 Å². The van der Waals surface area contributed by atoms with Crippen molar-refractivity contribution < 1.29 is 9.53 Å². The van der Waals surface area contributed by atoms with E-state index in [9.17, 15) is 4.79 Å². The van der Waals surface area contributed by atoms with Gasteiger partial charge in [-0.25, -0.2) is 4.79 Å². The Morgan fingerprint density at radius 2 is 2.11 bits per heavy atom. The largest absolute Gasteiger partial charge is 0.444 e. The highest BCUT2D eigenvalue weighted by molar-refractivity contribution is 7.99. The number of amides is 1. The van der Waals surface area contributed by atoms with E-state index < -0.39 is 5.60 Å². The summed E-state index contributed by atoms with van der Waals surface area (Å²) in [6.45, 7) is 11.6. The summed E-state index contributed by atoms with van der Waals surface area (Å²) in [7, 11) is 0. The number of hydrogen-bond donors (Lipinski definition) is 1. The van der Waals surface area contributed by atoms with E-state index in [4.69, 9.17) is 4.74 Å². The molecule has 0 saturated carbocycles. The summed E-state index contributed by atoms with van der Waals surface area (Å²) in [6, 6.07) is 0.944. The first-order valence-corrected chi connectivity index (χ1v) is 8.29. The Labute approximate surface area is 121 Å². The van der Waals surface area contributed by atoms with Crippen molar-refractivity contribution in [3.63, 3.8) is 0 Å². The first-order valence-electron chi connectivity index (χ1n) is 7.13. The van der Waals surface area contributed by atoms with Gasteiger partial charge in [0.1, 0.15) is 5.60 Å². The Kier molecular flexibility index (Phi) is 6.47. The van der Waals surface area contributed by atoms with Crippen molar-refractivity contribution >= 4 is 17.9 Å². The monoisotopic (exact) mass is 288 g/mol. The van der Waals surface area contributed by atoms with Gasteiger partial charge in [0.2, 0.25) is 0 Å². The van der Waals surface area contributed by atoms with Crippen LogP contribution in [0, 0.1) is 0 Å². The molecule has 1 heterocycles. The smallest absolute Gasteiger partial charge is 0.410 e. The molecule has 0 spiro atoms. The van der Waals surface area contributed by atoms with Gasteiger partial charge in [0, 0.05) is 25.2 Å². The van der Waals surface area contributed by atoms with Gasteiger partial charge >= 0.3 is 6.09 Å². The minimum absolute atomic E-state index is 0.195. The Balaban J connectivity index is 2.14. The van der Waals surface area contributed by atoms with E-state index in [0.717, 1.165) is 13.1 Å². The number of nitrogens with one attached hydrogen (secondary N) is 1.